The van der Waals surface area contributed by atoms with Gasteiger partial charge in [-0.25, -0.2) is 13.8 Å². The molecule has 0 bridgehead atoms. The number of nitrogens with two attached hydrogens (primary N) is 1. The van der Waals surface area contributed by atoms with Gasteiger partial charge in [-0.1, -0.05) is 0 Å². The first kappa shape index (κ1) is 11.8. The van der Waals surface area contributed by atoms with Crippen LogP contribution in [-0.4, -0.2) is 16.1 Å². The monoisotopic (exact) mass is 227 g/mol. The molecule has 0 fully saturated rings. The minimum Gasteiger partial charge on any atom is -0.481 e. The van der Waals surface area contributed by atoms with Gasteiger partial charge in [0, 0.05) is 5.56 Å². The van der Waals surface area contributed by atoms with Gasteiger partial charge in [-0.15, -0.1) is 0 Å². The maximum Gasteiger partial charge on any atom is 0.309 e. The third kappa shape index (κ3) is 2.42. The van der Waals surface area contributed by atoms with Crippen molar-refractivity contribution in [1.29, 1.82) is 5.26 Å². The SMILES string of the molecule is N#Cc1nc(CC(=O)O)cc(C(F)F)c1N. The molecule has 0 saturated heterocycles. The molecule has 3 N–H and O–H groups in total. The van der Waals surface area contributed by atoms with Crippen molar-refractivity contribution in [3.8, 4) is 6.07 Å². The second-order valence-corrected chi connectivity index (χ2v) is 2.95. The topological polar surface area (TPSA) is 100 Å². The molecule has 0 saturated carbocycles. The Morgan fingerprint density at radius 2 is 2.31 bits per heavy atom. The smallest absolute Gasteiger partial charge is 0.309 e. The van der Waals surface area contributed by atoms with Crippen molar-refractivity contribution >= 4 is 11.7 Å². The van der Waals surface area contributed by atoms with Crippen LogP contribution in [0.3, 0.4) is 0 Å². The second kappa shape index (κ2) is 4.53. The van der Waals surface area contributed by atoms with E-state index in [9.17, 15) is 13.6 Å². The first-order chi connectivity index (χ1) is 7.45. The molecule has 1 aromatic heterocycles. The molecule has 0 atom stereocenters. The van der Waals surface area contributed by atoms with E-state index in [4.69, 9.17) is 16.1 Å². The third-order valence-corrected chi connectivity index (χ3v) is 1.82. The molecule has 1 heterocycles. The van der Waals surface area contributed by atoms with Gasteiger partial charge in [-0.05, 0) is 6.07 Å². The Kier molecular flexibility index (Phi) is 3.35. The number of halogens is 2. The van der Waals surface area contributed by atoms with E-state index in [1.54, 1.807) is 6.07 Å². The molecular formula is C9H7F2N3O2. The summed E-state index contributed by atoms with van der Waals surface area (Å²) in [6.07, 6.45) is -3.41. The first-order valence-corrected chi connectivity index (χ1v) is 4.15. The summed E-state index contributed by atoms with van der Waals surface area (Å²) in [7, 11) is 0. The van der Waals surface area contributed by atoms with Gasteiger partial charge in [0.05, 0.1) is 17.8 Å². The summed E-state index contributed by atoms with van der Waals surface area (Å²) >= 11 is 0. The number of nitrogen functional groups attached to an aromatic ring is 1. The standard InChI is InChI=1S/C9H7F2N3O2/c10-9(11)5-1-4(2-7(15)16)14-6(3-12)8(5)13/h1,9H,2,13H2,(H,15,16). The van der Waals surface area contributed by atoms with Crippen molar-refractivity contribution in [3.63, 3.8) is 0 Å². The van der Waals surface area contributed by atoms with Crippen LogP contribution in [0.5, 0.6) is 0 Å². The molecule has 7 heteroatoms. The Hall–Kier alpha value is -2.23. The van der Waals surface area contributed by atoms with Crippen molar-refractivity contribution in [3.05, 3.63) is 23.0 Å². The summed E-state index contributed by atoms with van der Waals surface area (Å²) in [6, 6.07) is 2.44. The van der Waals surface area contributed by atoms with Crippen molar-refractivity contribution in [2.45, 2.75) is 12.8 Å². The van der Waals surface area contributed by atoms with Crippen LogP contribution in [0.25, 0.3) is 0 Å². The quantitative estimate of drug-likeness (QED) is 0.805. The van der Waals surface area contributed by atoms with Gasteiger partial charge in [0.15, 0.2) is 5.69 Å². The minimum atomic E-state index is -2.87. The number of hydrogen-bond donors (Lipinski definition) is 2. The summed E-state index contributed by atoms with van der Waals surface area (Å²) in [4.78, 5) is 14.0. The number of rotatable bonds is 3. The highest BCUT2D eigenvalue weighted by molar-refractivity contribution is 5.70. The molecule has 0 unspecified atom stereocenters. The minimum absolute atomic E-state index is 0.117. The fourth-order valence-electron chi connectivity index (χ4n) is 1.14. The van der Waals surface area contributed by atoms with Crippen LogP contribution in [0.15, 0.2) is 6.07 Å². The lowest BCUT2D eigenvalue weighted by Crippen LogP contribution is -2.08. The van der Waals surface area contributed by atoms with Crippen LogP contribution < -0.4 is 5.73 Å². The van der Waals surface area contributed by atoms with Gasteiger partial charge in [0.2, 0.25) is 0 Å². The molecule has 84 valence electrons. The summed E-state index contributed by atoms with van der Waals surface area (Å²) < 4.78 is 25.0. The van der Waals surface area contributed by atoms with Gasteiger partial charge >= 0.3 is 5.97 Å². The summed E-state index contributed by atoms with van der Waals surface area (Å²) in [5.74, 6) is -1.22. The largest absolute Gasteiger partial charge is 0.481 e. The van der Waals surface area contributed by atoms with Gasteiger partial charge in [-0.3, -0.25) is 4.79 Å². The Morgan fingerprint density at radius 3 is 2.75 bits per heavy atom. The predicted molar refractivity (Wildman–Crippen MR) is 49.7 cm³/mol. The zero-order valence-electron chi connectivity index (χ0n) is 7.94. The van der Waals surface area contributed by atoms with E-state index in [1.165, 1.54) is 0 Å². The van der Waals surface area contributed by atoms with Crippen LogP contribution in [0, 0.1) is 11.3 Å². The molecule has 5 nitrogen and oxygen atoms in total. The van der Waals surface area contributed by atoms with E-state index in [2.05, 4.69) is 4.98 Å². The molecular weight excluding hydrogens is 220 g/mol. The summed E-state index contributed by atoms with van der Waals surface area (Å²) in [6.45, 7) is 0. The van der Waals surface area contributed by atoms with Crippen molar-refractivity contribution < 1.29 is 18.7 Å². The molecule has 1 aromatic rings. The van der Waals surface area contributed by atoms with Crippen LogP contribution >= 0.6 is 0 Å². The van der Waals surface area contributed by atoms with Gasteiger partial charge in [-0.2, -0.15) is 5.26 Å². The predicted octanol–water partition coefficient (Wildman–Crippen LogP) is 1.10. The lowest BCUT2D eigenvalue weighted by Gasteiger charge is -2.07. The van der Waals surface area contributed by atoms with E-state index in [1.807, 2.05) is 0 Å². The Bertz CT molecular complexity index is 469. The van der Waals surface area contributed by atoms with Crippen LogP contribution in [0.4, 0.5) is 14.5 Å². The Balaban J connectivity index is 3.29. The maximum absolute atomic E-state index is 12.5. The number of aliphatic carboxylic acids is 1. The highest BCUT2D eigenvalue weighted by atomic mass is 19.3. The lowest BCUT2D eigenvalue weighted by atomic mass is 10.1. The lowest BCUT2D eigenvalue weighted by molar-refractivity contribution is -0.136. The van der Waals surface area contributed by atoms with Gasteiger partial charge in [0.25, 0.3) is 6.43 Å². The number of anilines is 1. The van der Waals surface area contributed by atoms with E-state index in [0.717, 1.165) is 6.07 Å². The second-order valence-electron chi connectivity index (χ2n) is 2.95. The molecule has 1 rings (SSSR count). The van der Waals surface area contributed by atoms with Crippen LogP contribution in [-0.2, 0) is 11.2 Å². The number of nitriles is 1. The fraction of sp³-hybridized carbons (Fsp3) is 0.222. The van der Waals surface area contributed by atoms with Gasteiger partial charge in [0.1, 0.15) is 6.07 Å². The van der Waals surface area contributed by atoms with Crippen LogP contribution in [0.1, 0.15) is 23.4 Å². The molecule has 0 spiro atoms. The van der Waals surface area contributed by atoms with Crippen molar-refractivity contribution in [2.75, 3.05) is 5.73 Å². The van der Waals surface area contributed by atoms with Gasteiger partial charge < -0.3 is 10.8 Å². The van der Waals surface area contributed by atoms with E-state index in [0.29, 0.717) is 0 Å². The number of carboxylic acid groups (broad SMARTS) is 1. The number of nitrogens with zero attached hydrogens (tertiary/aromatic N) is 2. The Morgan fingerprint density at radius 1 is 1.69 bits per heavy atom. The molecule has 16 heavy (non-hydrogen) atoms. The fourth-order valence-corrected chi connectivity index (χ4v) is 1.14. The maximum atomic E-state index is 12.5. The normalized spacial score (nSPS) is 10.1. The number of hydrogen-bond acceptors (Lipinski definition) is 4. The zero-order valence-corrected chi connectivity index (χ0v) is 7.94. The highest BCUT2D eigenvalue weighted by Gasteiger charge is 2.18. The average Bonchev–Trinajstić information content (AvgIpc) is 2.19. The Labute approximate surface area is 89.1 Å². The number of carbonyl (C=O) groups is 1. The van der Waals surface area contributed by atoms with E-state index >= 15 is 0 Å². The first-order valence-electron chi connectivity index (χ1n) is 4.15. The number of carboxylic acids is 1. The van der Waals surface area contributed by atoms with Crippen molar-refractivity contribution in [1.82, 2.24) is 4.98 Å². The average molecular weight is 227 g/mol. The molecule has 0 amide bonds. The van der Waals surface area contributed by atoms with Crippen LogP contribution in [0.2, 0.25) is 0 Å². The number of alkyl halides is 2. The molecule has 0 aromatic carbocycles. The number of aromatic nitrogens is 1. The molecule has 0 aliphatic heterocycles. The summed E-state index contributed by atoms with van der Waals surface area (Å²) in [5, 5.41) is 17.1. The highest BCUT2D eigenvalue weighted by Crippen LogP contribution is 2.27. The van der Waals surface area contributed by atoms with E-state index in [-0.39, 0.29) is 11.4 Å². The zero-order chi connectivity index (χ0) is 12.3. The van der Waals surface area contributed by atoms with Crippen molar-refractivity contribution in [2.24, 2.45) is 0 Å². The molecule has 0 radical (unpaired) electrons. The molecule has 0 aliphatic carbocycles. The van der Waals surface area contributed by atoms with E-state index < -0.39 is 30.1 Å². The summed E-state index contributed by atoms with van der Waals surface area (Å²) in [5.41, 5.74) is 3.81. The third-order valence-electron chi connectivity index (χ3n) is 1.82. The molecule has 0 aliphatic rings. The number of pyridine rings is 1.